The molecule has 2 saturated heterocycles. The molecule has 6 nitrogen and oxygen atoms in total. The van der Waals surface area contributed by atoms with Gasteiger partial charge in [0.2, 0.25) is 0 Å². The molecule has 0 spiro atoms. The van der Waals surface area contributed by atoms with Crippen LogP contribution < -0.4 is 4.90 Å². The highest BCUT2D eigenvalue weighted by molar-refractivity contribution is 5.54. The summed E-state index contributed by atoms with van der Waals surface area (Å²) in [5.74, 6) is 0.897. The number of aromatic nitrogens is 3. The summed E-state index contributed by atoms with van der Waals surface area (Å²) < 4.78 is 46.2. The molecule has 174 valence electrons. The van der Waals surface area contributed by atoms with E-state index in [2.05, 4.69) is 33.7 Å². The van der Waals surface area contributed by atoms with E-state index in [1.807, 2.05) is 4.90 Å². The molecule has 4 heterocycles. The fourth-order valence-corrected chi connectivity index (χ4v) is 4.63. The molecule has 2 aromatic heterocycles. The molecular weight excluding hydrogens is 419 g/mol. The number of alkyl halides is 3. The van der Waals surface area contributed by atoms with Crippen LogP contribution in [0.1, 0.15) is 38.8 Å². The lowest BCUT2D eigenvalue weighted by Crippen LogP contribution is -2.46. The number of anilines is 1. The van der Waals surface area contributed by atoms with Gasteiger partial charge in [-0.1, -0.05) is 6.07 Å². The predicted octanol–water partition coefficient (Wildman–Crippen LogP) is 4.27. The number of hydrogen-bond acceptors (Lipinski definition) is 6. The SMILES string of the molecule is CC1CN(CCC2CCN(c3cc(C(F)(F)F)nc(-c4ccccn4)n3)CC2)CC(C)O1. The molecule has 0 bridgehead atoms. The fourth-order valence-electron chi connectivity index (χ4n) is 4.63. The Morgan fingerprint density at radius 2 is 1.78 bits per heavy atom. The lowest BCUT2D eigenvalue weighted by Gasteiger charge is -2.37. The Morgan fingerprint density at radius 3 is 2.41 bits per heavy atom. The standard InChI is InChI=1S/C23H30F3N5O/c1-16-14-30(15-17(2)32-16)10-6-18-7-11-31(12-8-18)21-13-20(23(24,25)26)28-22(29-21)19-5-3-4-9-27-19/h3-5,9,13,16-18H,6-8,10-12,14-15H2,1-2H3. The number of morpholine rings is 1. The third-order valence-electron chi connectivity index (χ3n) is 6.18. The first kappa shape index (κ1) is 22.9. The number of nitrogens with zero attached hydrogens (tertiary/aromatic N) is 5. The van der Waals surface area contributed by atoms with Crippen molar-refractivity contribution in [3.8, 4) is 11.5 Å². The Labute approximate surface area is 186 Å². The van der Waals surface area contributed by atoms with E-state index in [4.69, 9.17) is 4.74 Å². The Morgan fingerprint density at radius 1 is 1.06 bits per heavy atom. The molecule has 9 heteroatoms. The van der Waals surface area contributed by atoms with Crippen molar-refractivity contribution in [3.05, 3.63) is 36.2 Å². The van der Waals surface area contributed by atoms with E-state index in [1.165, 1.54) is 6.20 Å². The average molecular weight is 450 g/mol. The maximum atomic E-state index is 13.5. The number of ether oxygens (including phenoxy) is 1. The molecule has 0 saturated carbocycles. The van der Waals surface area contributed by atoms with Gasteiger partial charge in [0.25, 0.3) is 0 Å². The van der Waals surface area contributed by atoms with Gasteiger partial charge in [-0.05, 0) is 57.7 Å². The molecule has 2 aliphatic heterocycles. The normalized spacial score (nSPS) is 23.5. The first-order valence-electron chi connectivity index (χ1n) is 11.3. The summed E-state index contributed by atoms with van der Waals surface area (Å²) in [5.41, 5.74) is -0.593. The molecule has 2 aliphatic rings. The zero-order valence-electron chi connectivity index (χ0n) is 18.6. The van der Waals surface area contributed by atoms with Crippen LogP contribution in [0.3, 0.4) is 0 Å². The van der Waals surface area contributed by atoms with Crippen LogP contribution in [0, 0.1) is 5.92 Å². The Bertz CT molecular complexity index is 877. The monoisotopic (exact) mass is 449 g/mol. The van der Waals surface area contributed by atoms with Crippen molar-refractivity contribution in [1.29, 1.82) is 0 Å². The summed E-state index contributed by atoms with van der Waals surface area (Å²) in [7, 11) is 0. The van der Waals surface area contributed by atoms with Gasteiger partial charge in [-0.2, -0.15) is 13.2 Å². The molecule has 0 aliphatic carbocycles. The lowest BCUT2D eigenvalue weighted by molar-refractivity contribution is -0.141. The third-order valence-corrected chi connectivity index (χ3v) is 6.18. The predicted molar refractivity (Wildman–Crippen MR) is 116 cm³/mol. The van der Waals surface area contributed by atoms with Gasteiger partial charge in [-0.25, -0.2) is 9.97 Å². The van der Waals surface area contributed by atoms with Gasteiger partial charge in [0, 0.05) is 38.4 Å². The van der Waals surface area contributed by atoms with Gasteiger partial charge in [0.05, 0.1) is 12.2 Å². The second kappa shape index (κ2) is 9.70. The van der Waals surface area contributed by atoms with Crippen LogP contribution in [0.4, 0.5) is 19.0 Å². The van der Waals surface area contributed by atoms with Crippen LogP contribution in [0.2, 0.25) is 0 Å². The lowest BCUT2D eigenvalue weighted by atomic mass is 9.93. The highest BCUT2D eigenvalue weighted by atomic mass is 19.4. The van der Waals surface area contributed by atoms with Crippen LogP contribution in [-0.4, -0.2) is 64.8 Å². The molecule has 32 heavy (non-hydrogen) atoms. The van der Waals surface area contributed by atoms with Crippen LogP contribution in [-0.2, 0) is 10.9 Å². The smallest absolute Gasteiger partial charge is 0.373 e. The summed E-state index contributed by atoms with van der Waals surface area (Å²) in [6, 6.07) is 6.11. The average Bonchev–Trinajstić information content (AvgIpc) is 2.77. The van der Waals surface area contributed by atoms with Crippen molar-refractivity contribution in [1.82, 2.24) is 19.9 Å². The molecule has 2 aromatic rings. The summed E-state index contributed by atoms with van der Waals surface area (Å²) in [4.78, 5) is 16.7. The second-order valence-corrected chi connectivity index (χ2v) is 8.88. The van der Waals surface area contributed by atoms with Crippen LogP contribution in [0.25, 0.3) is 11.5 Å². The first-order chi connectivity index (χ1) is 15.3. The quantitative estimate of drug-likeness (QED) is 0.680. The summed E-state index contributed by atoms with van der Waals surface area (Å²) in [5, 5.41) is 0. The van der Waals surface area contributed by atoms with Crippen molar-refractivity contribution < 1.29 is 17.9 Å². The van der Waals surface area contributed by atoms with Gasteiger partial charge in [0.1, 0.15) is 11.5 Å². The first-order valence-corrected chi connectivity index (χ1v) is 11.3. The van der Waals surface area contributed by atoms with Crippen LogP contribution in [0.15, 0.2) is 30.5 Å². The van der Waals surface area contributed by atoms with E-state index >= 15 is 0 Å². The second-order valence-electron chi connectivity index (χ2n) is 8.88. The van der Waals surface area contributed by atoms with E-state index in [-0.39, 0.29) is 18.0 Å². The van der Waals surface area contributed by atoms with Crippen molar-refractivity contribution in [3.63, 3.8) is 0 Å². The third kappa shape index (κ3) is 5.75. The Kier molecular flexibility index (Phi) is 6.95. The van der Waals surface area contributed by atoms with Crippen molar-refractivity contribution in [2.45, 2.75) is 51.5 Å². The van der Waals surface area contributed by atoms with Crippen molar-refractivity contribution in [2.24, 2.45) is 5.92 Å². The summed E-state index contributed by atoms with van der Waals surface area (Å²) in [6.45, 7) is 8.56. The number of piperidine rings is 1. The molecule has 2 unspecified atom stereocenters. The van der Waals surface area contributed by atoms with Crippen LogP contribution in [0.5, 0.6) is 0 Å². The minimum atomic E-state index is -4.54. The Hall–Kier alpha value is -2.26. The highest BCUT2D eigenvalue weighted by Gasteiger charge is 2.35. The highest BCUT2D eigenvalue weighted by Crippen LogP contribution is 2.33. The number of halogens is 3. The van der Waals surface area contributed by atoms with E-state index in [1.54, 1.807) is 18.2 Å². The largest absolute Gasteiger partial charge is 0.433 e. The zero-order valence-corrected chi connectivity index (χ0v) is 18.6. The van der Waals surface area contributed by atoms with E-state index in [0.29, 0.717) is 30.5 Å². The van der Waals surface area contributed by atoms with Gasteiger partial charge < -0.3 is 9.64 Å². The maximum Gasteiger partial charge on any atom is 0.433 e. The van der Waals surface area contributed by atoms with Crippen molar-refractivity contribution in [2.75, 3.05) is 37.6 Å². The van der Waals surface area contributed by atoms with E-state index in [0.717, 1.165) is 45.0 Å². The molecule has 0 aromatic carbocycles. The summed E-state index contributed by atoms with van der Waals surface area (Å²) >= 11 is 0. The minimum Gasteiger partial charge on any atom is -0.373 e. The number of rotatable bonds is 5. The molecule has 2 atom stereocenters. The van der Waals surface area contributed by atoms with Gasteiger partial charge in [0.15, 0.2) is 11.5 Å². The van der Waals surface area contributed by atoms with E-state index < -0.39 is 11.9 Å². The summed E-state index contributed by atoms with van der Waals surface area (Å²) in [6.07, 6.45) is 0.499. The maximum absolute atomic E-state index is 13.5. The van der Waals surface area contributed by atoms with Crippen LogP contribution >= 0.6 is 0 Å². The molecule has 0 N–H and O–H groups in total. The molecule has 0 radical (unpaired) electrons. The molecule has 2 fully saturated rings. The van der Waals surface area contributed by atoms with Gasteiger partial charge in [-0.3, -0.25) is 9.88 Å². The number of hydrogen-bond donors (Lipinski definition) is 0. The fraction of sp³-hybridized carbons (Fsp3) is 0.609. The Balaban J connectivity index is 1.40. The minimum absolute atomic E-state index is 0.00751. The molecule has 0 amide bonds. The molecular formula is C23H30F3N5O. The van der Waals surface area contributed by atoms with Gasteiger partial charge in [-0.15, -0.1) is 0 Å². The van der Waals surface area contributed by atoms with Gasteiger partial charge >= 0.3 is 6.18 Å². The zero-order chi connectivity index (χ0) is 22.7. The van der Waals surface area contributed by atoms with E-state index in [9.17, 15) is 13.2 Å². The van der Waals surface area contributed by atoms with Crippen molar-refractivity contribution >= 4 is 5.82 Å². The molecule has 4 rings (SSSR count). The number of pyridine rings is 1. The topological polar surface area (TPSA) is 54.4 Å².